The second-order valence-corrected chi connectivity index (χ2v) is 6.10. The van der Waals surface area contributed by atoms with Gasteiger partial charge in [-0.25, -0.2) is 0 Å². The molecule has 100 valence electrons. The molecule has 0 radical (unpaired) electrons. The van der Waals surface area contributed by atoms with E-state index in [1.165, 1.54) is 32.1 Å². The highest BCUT2D eigenvalue weighted by Gasteiger charge is 2.20. The summed E-state index contributed by atoms with van der Waals surface area (Å²) in [4.78, 5) is 0. The van der Waals surface area contributed by atoms with E-state index in [0.29, 0.717) is 11.1 Å². The number of rotatable bonds is 4. The first kappa shape index (κ1) is 14.2. The molecular weight excluding hydrogens is 265 g/mol. The van der Waals surface area contributed by atoms with E-state index in [1.807, 2.05) is 18.2 Å². The predicted octanol–water partition coefficient (Wildman–Crippen LogP) is 5.05. The lowest BCUT2D eigenvalue weighted by Gasteiger charge is -2.29. The number of hydrogen-bond donors (Lipinski definition) is 1. The number of benzene rings is 1. The largest absolute Gasteiger partial charge is 0.310 e. The SMILES string of the molecule is CCC1CCCC(NCc2ccc(Cl)cc2Cl)C1. The van der Waals surface area contributed by atoms with Crippen LogP contribution in [0.4, 0.5) is 0 Å². The van der Waals surface area contributed by atoms with Crippen molar-refractivity contribution < 1.29 is 0 Å². The van der Waals surface area contributed by atoms with Gasteiger partial charge in [0.15, 0.2) is 0 Å². The van der Waals surface area contributed by atoms with Crippen molar-refractivity contribution in [2.24, 2.45) is 5.92 Å². The summed E-state index contributed by atoms with van der Waals surface area (Å²) in [6.07, 6.45) is 6.66. The Morgan fingerprint density at radius 2 is 2.11 bits per heavy atom. The van der Waals surface area contributed by atoms with Crippen LogP contribution in [0.2, 0.25) is 10.0 Å². The van der Waals surface area contributed by atoms with Crippen molar-refractivity contribution in [1.29, 1.82) is 0 Å². The molecule has 1 saturated carbocycles. The lowest BCUT2D eigenvalue weighted by atomic mass is 9.84. The minimum atomic E-state index is 0.649. The number of halogens is 2. The normalized spacial score (nSPS) is 24.2. The van der Waals surface area contributed by atoms with Crippen molar-refractivity contribution in [3.8, 4) is 0 Å². The number of hydrogen-bond acceptors (Lipinski definition) is 1. The van der Waals surface area contributed by atoms with Crippen LogP contribution in [0, 0.1) is 5.92 Å². The van der Waals surface area contributed by atoms with Crippen molar-refractivity contribution in [3.63, 3.8) is 0 Å². The molecule has 1 nitrogen and oxygen atoms in total. The maximum Gasteiger partial charge on any atom is 0.0465 e. The Bertz CT molecular complexity index is 392. The van der Waals surface area contributed by atoms with Crippen molar-refractivity contribution in [1.82, 2.24) is 5.32 Å². The third kappa shape index (κ3) is 3.88. The van der Waals surface area contributed by atoms with Gasteiger partial charge in [-0.15, -0.1) is 0 Å². The van der Waals surface area contributed by atoms with Gasteiger partial charge in [-0.2, -0.15) is 0 Å². The Labute approximate surface area is 120 Å². The van der Waals surface area contributed by atoms with Gasteiger partial charge in [-0.05, 0) is 36.5 Å². The fourth-order valence-electron chi connectivity index (χ4n) is 2.77. The lowest BCUT2D eigenvalue weighted by Crippen LogP contribution is -2.33. The molecule has 2 rings (SSSR count). The van der Waals surface area contributed by atoms with E-state index in [1.54, 1.807) is 0 Å². The van der Waals surface area contributed by atoms with Crippen LogP contribution >= 0.6 is 23.2 Å². The van der Waals surface area contributed by atoms with Crippen LogP contribution in [0.25, 0.3) is 0 Å². The molecule has 3 heteroatoms. The zero-order valence-electron chi connectivity index (χ0n) is 10.9. The molecule has 1 aliphatic carbocycles. The van der Waals surface area contributed by atoms with Gasteiger partial charge in [0.1, 0.15) is 0 Å². The highest BCUT2D eigenvalue weighted by molar-refractivity contribution is 6.35. The van der Waals surface area contributed by atoms with Gasteiger partial charge in [-0.3, -0.25) is 0 Å². The lowest BCUT2D eigenvalue weighted by molar-refractivity contribution is 0.278. The average molecular weight is 286 g/mol. The van der Waals surface area contributed by atoms with Crippen LogP contribution in [0.15, 0.2) is 18.2 Å². The van der Waals surface area contributed by atoms with Crippen LogP contribution in [-0.4, -0.2) is 6.04 Å². The Morgan fingerprint density at radius 1 is 1.28 bits per heavy atom. The smallest absolute Gasteiger partial charge is 0.0465 e. The monoisotopic (exact) mass is 285 g/mol. The fraction of sp³-hybridized carbons (Fsp3) is 0.600. The van der Waals surface area contributed by atoms with E-state index in [4.69, 9.17) is 23.2 Å². The van der Waals surface area contributed by atoms with E-state index >= 15 is 0 Å². The van der Waals surface area contributed by atoms with E-state index in [0.717, 1.165) is 23.0 Å². The first-order chi connectivity index (χ1) is 8.69. The van der Waals surface area contributed by atoms with E-state index in [9.17, 15) is 0 Å². The number of nitrogens with one attached hydrogen (secondary N) is 1. The van der Waals surface area contributed by atoms with Gasteiger partial charge in [0, 0.05) is 22.6 Å². The van der Waals surface area contributed by atoms with Gasteiger partial charge < -0.3 is 5.32 Å². The third-order valence-electron chi connectivity index (χ3n) is 3.96. The average Bonchev–Trinajstić information content (AvgIpc) is 2.38. The first-order valence-electron chi connectivity index (χ1n) is 6.86. The molecule has 1 N–H and O–H groups in total. The van der Waals surface area contributed by atoms with Crippen LogP contribution in [0.3, 0.4) is 0 Å². The molecule has 0 spiro atoms. The Kier molecular flexibility index (Phi) is 5.35. The first-order valence-corrected chi connectivity index (χ1v) is 7.62. The van der Waals surface area contributed by atoms with Gasteiger partial charge in [0.05, 0.1) is 0 Å². The van der Waals surface area contributed by atoms with Crippen LogP contribution in [0.1, 0.15) is 44.6 Å². The molecule has 0 aliphatic heterocycles. The quantitative estimate of drug-likeness (QED) is 0.816. The second-order valence-electron chi connectivity index (χ2n) is 5.25. The van der Waals surface area contributed by atoms with Crippen molar-refractivity contribution in [3.05, 3.63) is 33.8 Å². The summed E-state index contributed by atoms with van der Waals surface area (Å²) in [7, 11) is 0. The third-order valence-corrected chi connectivity index (χ3v) is 4.54. The van der Waals surface area contributed by atoms with Crippen molar-refractivity contribution in [2.45, 2.75) is 51.6 Å². The van der Waals surface area contributed by atoms with E-state index in [-0.39, 0.29) is 0 Å². The fourth-order valence-corrected chi connectivity index (χ4v) is 3.24. The zero-order valence-corrected chi connectivity index (χ0v) is 12.4. The summed E-state index contributed by atoms with van der Waals surface area (Å²) >= 11 is 12.1. The molecule has 1 aromatic carbocycles. The summed E-state index contributed by atoms with van der Waals surface area (Å²) in [5, 5.41) is 5.10. The minimum Gasteiger partial charge on any atom is -0.310 e. The summed E-state index contributed by atoms with van der Waals surface area (Å²) in [6, 6.07) is 6.38. The standard InChI is InChI=1S/C15H21Cl2N/c1-2-11-4-3-5-14(8-11)18-10-12-6-7-13(16)9-15(12)17/h6-7,9,11,14,18H,2-5,8,10H2,1H3. The summed E-state index contributed by atoms with van der Waals surface area (Å²) in [5.41, 5.74) is 1.14. The Hall–Kier alpha value is -0.240. The molecule has 0 amide bonds. The van der Waals surface area contributed by atoms with Crippen LogP contribution < -0.4 is 5.32 Å². The summed E-state index contributed by atoms with van der Waals surface area (Å²) in [5.74, 6) is 0.900. The Balaban J connectivity index is 1.87. The van der Waals surface area contributed by atoms with Crippen LogP contribution in [-0.2, 0) is 6.54 Å². The zero-order chi connectivity index (χ0) is 13.0. The molecule has 0 aromatic heterocycles. The van der Waals surface area contributed by atoms with E-state index in [2.05, 4.69) is 12.2 Å². The topological polar surface area (TPSA) is 12.0 Å². The minimum absolute atomic E-state index is 0.649. The molecule has 0 bridgehead atoms. The summed E-state index contributed by atoms with van der Waals surface area (Å²) in [6.45, 7) is 3.14. The van der Waals surface area contributed by atoms with Crippen molar-refractivity contribution in [2.75, 3.05) is 0 Å². The molecule has 18 heavy (non-hydrogen) atoms. The Morgan fingerprint density at radius 3 is 2.83 bits per heavy atom. The maximum absolute atomic E-state index is 6.18. The van der Waals surface area contributed by atoms with Crippen LogP contribution in [0.5, 0.6) is 0 Å². The van der Waals surface area contributed by atoms with Gasteiger partial charge in [0.2, 0.25) is 0 Å². The van der Waals surface area contributed by atoms with E-state index < -0.39 is 0 Å². The molecule has 1 aliphatic rings. The van der Waals surface area contributed by atoms with Gasteiger partial charge >= 0.3 is 0 Å². The summed E-state index contributed by atoms with van der Waals surface area (Å²) < 4.78 is 0. The molecule has 1 aromatic rings. The molecule has 1 fully saturated rings. The van der Waals surface area contributed by atoms with Crippen molar-refractivity contribution >= 4 is 23.2 Å². The molecule has 0 heterocycles. The molecule has 2 unspecified atom stereocenters. The van der Waals surface area contributed by atoms with Gasteiger partial charge in [-0.1, -0.05) is 55.5 Å². The van der Waals surface area contributed by atoms with Gasteiger partial charge in [0.25, 0.3) is 0 Å². The molecule has 0 saturated heterocycles. The maximum atomic E-state index is 6.18. The highest BCUT2D eigenvalue weighted by Crippen LogP contribution is 2.27. The second kappa shape index (κ2) is 6.79. The highest BCUT2D eigenvalue weighted by atomic mass is 35.5. The molecular formula is C15H21Cl2N. The predicted molar refractivity (Wildman–Crippen MR) is 79.3 cm³/mol. The molecule has 2 atom stereocenters.